The topological polar surface area (TPSA) is 17.1 Å². The van der Waals surface area contributed by atoms with Crippen molar-refractivity contribution in [3.05, 3.63) is 0 Å². The van der Waals surface area contributed by atoms with E-state index in [1.165, 1.54) is 70.6 Å². The molecule has 0 aromatic carbocycles. The summed E-state index contributed by atoms with van der Waals surface area (Å²) in [6, 6.07) is 0. The molecule has 0 aromatic rings. The van der Waals surface area contributed by atoms with Gasteiger partial charge in [0, 0.05) is 6.42 Å². The molecule has 0 rings (SSSR count). The highest BCUT2D eigenvalue weighted by molar-refractivity contribution is 5.48. The molecule has 1 atom stereocenters. The predicted molar refractivity (Wildman–Crippen MR) is 80.9 cm³/mol. The van der Waals surface area contributed by atoms with Gasteiger partial charge in [-0.15, -0.1) is 0 Å². The summed E-state index contributed by atoms with van der Waals surface area (Å²) in [5.41, 5.74) is 0. The molecule has 0 bridgehead atoms. The molecule has 0 saturated carbocycles. The summed E-state index contributed by atoms with van der Waals surface area (Å²) in [4.78, 5) is 10.1. The van der Waals surface area contributed by atoms with Crippen LogP contribution in [0.1, 0.15) is 97.3 Å². The molecular weight excluding hydrogens is 220 g/mol. The summed E-state index contributed by atoms with van der Waals surface area (Å²) in [7, 11) is 0. The molecule has 0 heterocycles. The first-order valence-electron chi connectivity index (χ1n) is 8.24. The summed E-state index contributed by atoms with van der Waals surface area (Å²) >= 11 is 0. The fraction of sp³-hybridized carbons (Fsp3) is 0.941. The third-order valence-electron chi connectivity index (χ3n) is 3.82. The summed E-state index contributed by atoms with van der Waals surface area (Å²) in [5.74, 6) is 0.934. The van der Waals surface area contributed by atoms with Crippen LogP contribution >= 0.6 is 0 Å². The van der Waals surface area contributed by atoms with Crippen molar-refractivity contribution in [1.29, 1.82) is 0 Å². The highest BCUT2D eigenvalue weighted by Gasteiger charge is 2.01. The molecule has 0 saturated heterocycles. The molecule has 18 heavy (non-hydrogen) atoms. The third kappa shape index (κ3) is 13.7. The summed E-state index contributed by atoms with van der Waals surface area (Å²) in [6.45, 7) is 4.69. The van der Waals surface area contributed by atoms with Crippen LogP contribution in [0, 0.1) is 5.92 Å². The van der Waals surface area contributed by atoms with Crippen molar-refractivity contribution in [2.24, 2.45) is 5.92 Å². The van der Waals surface area contributed by atoms with Gasteiger partial charge in [-0.25, -0.2) is 0 Å². The van der Waals surface area contributed by atoms with Crippen LogP contribution in [0.5, 0.6) is 0 Å². The predicted octanol–water partition coefficient (Wildman–Crippen LogP) is 5.91. The minimum Gasteiger partial charge on any atom is -0.303 e. The normalized spacial score (nSPS) is 12.6. The third-order valence-corrected chi connectivity index (χ3v) is 3.82. The van der Waals surface area contributed by atoms with Crippen LogP contribution in [0.15, 0.2) is 0 Å². The van der Waals surface area contributed by atoms with Crippen LogP contribution in [-0.2, 0) is 4.79 Å². The van der Waals surface area contributed by atoms with E-state index in [9.17, 15) is 4.79 Å². The zero-order valence-corrected chi connectivity index (χ0v) is 12.8. The average Bonchev–Trinajstić information content (AvgIpc) is 2.37. The van der Waals surface area contributed by atoms with Crippen molar-refractivity contribution in [1.82, 2.24) is 0 Å². The molecule has 0 aliphatic heterocycles. The fourth-order valence-electron chi connectivity index (χ4n) is 2.49. The standard InChI is InChI=1S/C17H34O/c1-3-4-11-14-17(2)15-12-9-7-5-6-8-10-13-16-18/h16-17H,3-15H2,1-2H3. The van der Waals surface area contributed by atoms with Gasteiger partial charge in [-0.3, -0.25) is 0 Å². The monoisotopic (exact) mass is 254 g/mol. The number of carbonyl (C=O) groups excluding carboxylic acids is 1. The van der Waals surface area contributed by atoms with Crippen LogP contribution < -0.4 is 0 Å². The fourth-order valence-corrected chi connectivity index (χ4v) is 2.49. The second kappa shape index (κ2) is 14.7. The lowest BCUT2D eigenvalue weighted by atomic mass is 9.96. The largest absolute Gasteiger partial charge is 0.303 e. The molecule has 0 aromatic heterocycles. The average molecular weight is 254 g/mol. The lowest BCUT2D eigenvalue weighted by Crippen LogP contribution is -1.94. The Morgan fingerprint density at radius 3 is 1.83 bits per heavy atom. The van der Waals surface area contributed by atoms with Gasteiger partial charge in [-0.05, 0) is 12.3 Å². The summed E-state index contributed by atoms with van der Waals surface area (Å²) in [5, 5.41) is 0. The number of carbonyl (C=O) groups is 1. The zero-order chi connectivity index (χ0) is 13.5. The maximum atomic E-state index is 10.1. The molecule has 0 fully saturated rings. The van der Waals surface area contributed by atoms with Crippen molar-refractivity contribution in [2.75, 3.05) is 0 Å². The van der Waals surface area contributed by atoms with E-state index in [2.05, 4.69) is 13.8 Å². The maximum Gasteiger partial charge on any atom is 0.119 e. The molecule has 0 N–H and O–H groups in total. The minimum absolute atomic E-state index is 0.759. The second-order valence-corrected chi connectivity index (χ2v) is 5.82. The van der Waals surface area contributed by atoms with Crippen molar-refractivity contribution in [2.45, 2.75) is 97.3 Å². The number of rotatable bonds is 14. The number of hydrogen-bond acceptors (Lipinski definition) is 1. The van der Waals surface area contributed by atoms with Crippen LogP contribution in [0.2, 0.25) is 0 Å². The highest BCUT2D eigenvalue weighted by Crippen LogP contribution is 2.17. The van der Waals surface area contributed by atoms with Crippen LogP contribution in [0.3, 0.4) is 0 Å². The van der Waals surface area contributed by atoms with E-state index in [4.69, 9.17) is 0 Å². The van der Waals surface area contributed by atoms with E-state index < -0.39 is 0 Å². The first-order chi connectivity index (χ1) is 8.81. The lowest BCUT2D eigenvalue weighted by Gasteiger charge is -2.10. The number of unbranched alkanes of at least 4 members (excludes halogenated alkanes) is 9. The lowest BCUT2D eigenvalue weighted by molar-refractivity contribution is -0.107. The van der Waals surface area contributed by atoms with Gasteiger partial charge in [0.1, 0.15) is 6.29 Å². The van der Waals surface area contributed by atoms with E-state index in [1.807, 2.05) is 0 Å². The second-order valence-electron chi connectivity index (χ2n) is 5.82. The summed E-state index contributed by atoms with van der Waals surface area (Å²) in [6.07, 6.45) is 18.1. The quantitative estimate of drug-likeness (QED) is 0.278. The Morgan fingerprint density at radius 1 is 0.778 bits per heavy atom. The first kappa shape index (κ1) is 17.7. The molecule has 108 valence electrons. The van der Waals surface area contributed by atoms with Crippen LogP contribution in [0.25, 0.3) is 0 Å². The molecule has 0 spiro atoms. The smallest absolute Gasteiger partial charge is 0.119 e. The van der Waals surface area contributed by atoms with E-state index in [0.29, 0.717) is 0 Å². The zero-order valence-electron chi connectivity index (χ0n) is 12.8. The Labute approximate surface area is 115 Å². The van der Waals surface area contributed by atoms with Gasteiger partial charge in [0.05, 0.1) is 0 Å². The molecule has 1 nitrogen and oxygen atoms in total. The van der Waals surface area contributed by atoms with Gasteiger partial charge in [0.25, 0.3) is 0 Å². The Hall–Kier alpha value is -0.330. The van der Waals surface area contributed by atoms with Gasteiger partial charge < -0.3 is 4.79 Å². The number of hydrogen-bond donors (Lipinski definition) is 0. The van der Waals surface area contributed by atoms with Crippen molar-refractivity contribution < 1.29 is 4.79 Å². The van der Waals surface area contributed by atoms with Gasteiger partial charge in [-0.2, -0.15) is 0 Å². The van der Waals surface area contributed by atoms with Gasteiger partial charge in [0.2, 0.25) is 0 Å². The Morgan fingerprint density at radius 2 is 1.28 bits per heavy atom. The van der Waals surface area contributed by atoms with E-state index >= 15 is 0 Å². The maximum absolute atomic E-state index is 10.1. The van der Waals surface area contributed by atoms with Crippen LogP contribution in [-0.4, -0.2) is 6.29 Å². The van der Waals surface area contributed by atoms with Crippen molar-refractivity contribution in [3.8, 4) is 0 Å². The number of aldehydes is 1. The molecule has 0 amide bonds. The van der Waals surface area contributed by atoms with E-state index in [1.54, 1.807) is 0 Å². The van der Waals surface area contributed by atoms with Gasteiger partial charge >= 0.3 is 0 Å². The molecule has 1 heteroatoms. The minimum atomic E-state index is 0.759. The van der Waals surface area contributed by atoms with Crippen molar-refractivity contribution >= 4 is 6.29 Å². The molecule has 1 unspecified atom stereocenters. The molecular formula is C17H34O. The molecule has 0 aliphatic rings. The molecule has 0 aliphatic carbocycles. The highest BCUT2D eigenvalue weighted by atomic mass is 16.1. The van der Waals surface area contributed by atoms with Gasteiger partial charge in [-0.1, -0.05) is 84.5 Å². The van der Waals surface area contributed by atoms with Gasteiger partial charge in [0.15, 0.2) is 0 Å². The van der Waals surface area contributed by atoms with E-state index in [-0.39, 0.29) is 0 Å². The first-order valence-corrected chi connectivity index (χ1v) is 8.24. The summed E-state index contributed by atoms with van der Waals surface area (Å²) < 4.78 is 0. The Kier molecular flexibility index (Phi) is 14.5. The van der Waals surface area contributed by atoms with Crippen LogP contribution in [0.4, 0.5) is 0 Å². The Balaban J connectivity index is 3.07. The molecule has 0 radical (unpaired) electrons. The SMILES string of the molecule is CCCCCC(C)CCCCCCCCCC=O. The Bertz CT molecular complexity index is 165. The van der Waals surface area contributed by atoms with Crippen molar-refractivity contribution in [3.63, 3.8) is 0 Å². The van der Waals surface area contributed by atoms with E-state index in [0.717, 1.165) is 25.0 Å².